The van der Waals surface area contributed by atoms with Crippen LogP contribution in [0.2, 0.25) is 0 Å². The Balaban J connectivity index is 1.49. The van der Waals surface area contributed by atoms with Gasteiger partial charge in [0.2, 0.25) is 0 Å². The molecule has 4 N–H and O–H groups in total. The number of anilines is 2. The molecule has 8 heteroatoms. The number of urea groups is 1. The molecule has 0 saturated carbocycles. The number of carbonyl (C=O) groups is 1. The monoisotopic (exact) mass is 366 g/mol. The zero-order valence-corrected chi connectivity index (χ0v) is 15.0. The summed E-state index contributed by atoms with van der Waals surface area (Å²) < 4.78 is 5.82. The van der Waals surface area contributed by atoms with Gasteiger partial charge in [-0.25, -0.2) is 9.78 Å². The average molecular weight is 366 g/mol. The number of hydrogen-bond donors (Lipinski definition) is 4. The lowest BCUT2D eigenvalue weighted by Crippen LogP contribution is -2.38. The number of benzene rings is 1. The van der Waals surface area contributed by atoms with Gasteiger partial charge in [-0.3, -0.25) is 10.4 Å². The van der Waals surface area contributed by atoms with Gasteiger partial charge in [-0.15, -0.1) is 0 Å². The van der Waals surface area contributed by atoms with E-state index >= 15 is 0 Å². The number of aromatic nitrogens is 3. The molecule has 4 rings (SSSR count). The second-order valence-electron chi connectivity index (χ2n) is 6.48. The predicted octanol–water partition coefficient (Wildman–Crippen LogP) is 3.04. The van der Waals surface area contributed by atoms with Gasteiger partial charge in [0.25, 0.3) is 0 Å². The Kier molecular flexibility index (Phi) is 4.88. The van der Waals surface area contributed by atoms with Gasteiger partial charge in [0, 0.05) is 25.9 Å². The molecule has 1 fully saturated rings. The van der Waals surface area contributed by atoms with E-state index in [0.717, 1.165) is 41.7 Å². The summed E-state index contributed by atoms with van der Waals surface area (Å²) in [6.45, 7) is 0.725. The minimum Gasteiger partial charge on any atom is -0.376 e. The molecule has 1 aliphatic rings. The summed E-state index contributed by atoms with van der Waals surface area (Å²) in [5.41, 5.74) is 1.82. The summed E-state index contributed by atoms with van der Waals surface area (Å²) in [4.78, 5) is 16.9. The van der Waals surface area contributed by atoms with Crippen molar-refractivity contribution in [1.29, 1.82) is 0 Å². The Hall–Kier alpha value is -3.13. The molecule has 0 radical (unpaired) electrons. The second kappa shape index (κ2) is 7.63. The molecule has 1 aliphatic heterocycles. The zero-order chi connectivity index (χ0) is 18.6. The molecule has 1 saturated heterocycles. The van der Waals surface area contributed by atoms with E-state index in [1.807, 2.05) is 30.3 Å². The molecule has 2 atom stereocenters. The Morgan fingerprint density at radius 2 is 2.19 bits per heavy atom. The van der Waals surface area contributed by atoms with Crippen LogP contribution in [-0.4, -0.2) is 41.0 Å². The van der Waals surface area contributed by atoms with Crippen LogP contribution >= 0.6 is 0 Å². The highest BCUT2D eigenvalue weighted by Crippen LogP contribution is 2.27. The van der Waals surface area contributed by atoms with Crippen LogP contribution in [0, 0.1) is 0 Å². The molecule has 140 valence electrons. The lowest BCUT2D eigenvalue weighted by Gasteiger charge is -2.24. The lowest BCUT2D eigenvalue weighted by molar-refractivity contribution is 0.0815. The van der Waals surface area contributed by atoms with Crippen molar-refractivity contribution in [2.45, 2.75) is 25.0 Å². The number of aromatic amines is 1. The van der Waals surface area contributed by atoms with Gasteiger partial charge in [0.05, 0.1) is 23.0 Å². The third-order valence-electron chi connectivity index (χ3n) is 4.71. The first-order chi connectivity index (χ1) is 13.2. The lowest BCUT2D eigenvalue weighted by atomic mass is 9.99. The number of ether oxygens (including phenoxy) is 1. The maximum atomic E-state index is 12.6. The van der Waals surface area contributed by atoms with Crippen molar-refractivity contribution in [3.05, 3.63) is 48.2 Å². The van der Waals surface area contributed by atoms with Crippen LogP contribution in [-0.2, 0) is 4.74 Å². The van der Waals surface area contributed by atoms with Crippen LogP contribution in [0.15, 0.2) is 42.6 Å². The van der Waals surface area contributed by atoms with Crippen LogP contribution in [0.4, 0.5) is 16.4 Å². The van der Waals surface area contributed by atoms with E-state index in [9.17, 15) is 4.79 Å². The molecule has 0 bridgehead atoms. The first kappa shape index (κ1) is 17.3. The predicted molar refractivity (Wildman–Crippen MR) is 104 cm³/mol. The van der Waals surface area contributed by atoms with Crippen LogP contribution in [0.5, 0.6) is 0 Å². The van der Waals surface area contributed by atoms with Crippen molar-refractivity contribution in [2.24, 2.45) is 0 Å². The summed E-state index contributed by atoms with van der Waals surface area (Å²) in [6.07, 6.45) is 3.57. The van der Waals surface area contributed by atoms with Gasteiger partial charge in [0.15, 0.2) is 5.82 Å². The fourth-order valence-corrected chi connectivity index (χ4v) is 3.38. The first-order valence-electron chi connectivity index (χ1n) is 9.00. The normalized spacial score (nSPS) is 17.6. The third-order valence-corrected chi connectivity index (χ3v) is 4.71. The van der Waals surface area contributed by atoms with Gasteiger partial charge >= 0.3 is 6.03 Å². The maximum Gasteiger partial charge on any atom is 0.320 e. The number of rotatable bonds is 5. The number of H-pyrrole nitrogens is 1. The van der Waals surface area contributed by atoms with Gasteiger partial charge in [-0.1, -0.05) is 30.3 Å². The van der Waals surface area contributed by atoms with Crippen LogP contribution in [0.25, 0.3) is 10.9 Å². The smallest absolute Gasteiger partial charge is 0.320 e. The molecular weight excluding hydrogens is 344 g/mol. The fraction of sp³-hybridized carbons (Fsp3) is 0.316. The number of carbonyl (C=O) groups excluding carboxylic acids is 1. The zero-order valence-electron chi connectivity index (χ0n) is 15.0. The molecule has 2 amide bonds. The SMILES string of the molecule is CNc1n[nH]c2cc(NC(=O)N[C@@H](c3ccccc3)C3CCCO3)ncc12. The summed E-state index contributed by atoms with van der Waals surface area (Å²) in [5, 5.41) is 16.8. The van der Waals surface area contributed by atoms with Crippen molar-refractivity contribution in [2.75, 3.05) is 24.3 Å². The van der Waals surface area contributed by atoms with Crippen molar-refractivity contribution in [3.8, 4) is 0 Å². The number of hydrogen-bond acceptors (Lipinski definition) is 5. The van der Waals surface area contributed by atoms with E-state index in [1.54, 1.807) is 19.3 Å². The van der Waals surface area contributed by atoms with E-state index in [1.165, 1.54) is 0 Å². The summed E-state index contributed by atoms with van der Waals surface area (Å²) >= 11 is 0. The summed E-state index contributed by atoms with van der Waals surface area (Å²) in [5.74, 6) is 1.17. The minimum absolute atomic E-state index is 0.0283. The number of nitrogens with zero attached hydrogens (tertiary/aromatic N) is 2. The molecule has 0 aliphatic carbocycles. The van der Waals surface area contributed by atoms with Crippen molar-refractivity contribution < 1.29 is 9.53 Å². The Morgan fingerprint density at radius 3 is 2.93 bits per heavy atom. The molecule has 27 heavy (non-hydrogen) atoms. The van der Waals surface area contributed by atoms with Gasteiger partial charge in [0.1, 0.15) is 5.82 Å². The minimum atomic E-state index is -0.320. The van der Waals surface area contributed by atoms with Crippen LogP contribution in [0.1, 0.15) is 24.4 Å². The Bertz CT molecular complexity index is 920. The molecule has 2 aromatic heterocycles. The largest absolute Gasteiger partial charge is 0.376 e. The van der Waals surface area contributed by atoms with Gasteiger partial charge in [-0.2, -0.15) is 5.10 Å². The molecule has 1 aromatic carbocycles. The number of nitrogens with one attached hydrogen (secondary N) is 4. The Labute approximate surface area is 156 Å². The molecule has 3 heterocycles. The summed E-state index contributed by atoms with van der Waals surface area (Å²) in [7, 11) is 1.80. The Morgan fingerprint density at radius 1 is 1.33 bits per heavy atom. The maximum absolute atomic E-state index is 12.6. The van der Waals surface area contributed by atoms with Crippen molar-refractivity contribution in [3.63, 3.8) is 0 Å². The van der Waals surface area contributed by atoms with Crippen LogP contribution < -0.4 is 16.0 Å². The number of fused-ring (bicyclic) bond motifs is 1. The van der Waals surface area contributed by atoms with Crippen LogP contribution in [0.3, 0.4) is 0 Å². The third kappa shape index (κ3) is 3.70. The van der Waals surface area contributed by atoms with Gasteiger partial charge < -0.3 is 15.4 Å². The number of pyridine rings is 1. The van der Waals surface area contributed by atoms with Gasteiger partial charge in [-0.05, 0) is 18.4 Å². The van der Waals surface area contributed by atoms with Crippen molar-refractivity contribution >= 4 is 28.6 Å². The first-order valence-corrected chi connectivity index (χ1v) is 9.00. The van der Waals surface area contributed by atoms with E-state index < -0.39 is 0 Å². The second-order valence-corrected chi connectivity index (χ2v) is 6.48. The van der Waals surface area contributed by atoms with E-state index in [-0.39, 0.29) is 18.2 Å². The molecule has 3 aromatic rings. The topological polar surface area (TPSA) is 104 Å². The fourth-order valence-electron chi connectivity index (χ4n) is 3.38. The molecule has 8 nitrogen and oxygen atoms in total. The average Bonchev–Trinajstić information content (AvgIpc) is 3.36. The van der Waals surface area contributed by atoms with E-state index in [4.69, 9.17) is 4.74 Å². The molecule has 1 unspecified atom stereocenters. The standard InChI is InChI=1S/C19H22N6O2/c1-20-18-13-11-21-16(10-14(13)24-25-18)22-19(26)23-17(15-8-5-9-27-15)12-6-3-2-4-7-12/h2-4,6-7,10-11,15,17H,5,8-9H2,1H3,(H2,20,24,25)(H2,21,22,23,26)/t15?,17-/m0/s1. The van der Waals surface area contributed by atoms with E-state index in [2.05, 4.69) is 31.1 Å². The number of amides is 2. The highest BCUT2D eigenvalue weighted by atomic mass is 16.5. The molecule has 0 spiro atoms. The highest BCUT2D eigenvalue weighted by molar-refractivity contribution is 5.94. The van der Waals surface area contributed by atoms with E-state index in [0.29, 0.717) is 5.82 Å². The quantitative estimate of drug-likeness (QED) is 0.556. The molecular formula is C19H22N6O2. The van der Waals surface area contributed by atoms with Crippen molar-refractivity contribution in [1.82, 2.24) is 20.5 Å². The highest BCUT2D eigenvalue weighted by Gasteiger charge is 2.28. The summed E-state index contributed by atoms with van der Waals surface area (Å²) in [6, 6.07) is 11.1.